The van der Waals surface area contributed by atoms with Gasteiger partial charge in [0.2, 0.25) is 5.82 Å². The second-order valence-corrected chi connectivity index (χ2v) is 3.39. The van der Waals surface area contributed by atoms with E-state index >= 15 is 0 Å². The Hall–Kier alpha value is -1.76. The van der Waals surface area contributed by atoms with Crippen LogP contribution in [0.2, 0.25) is 0 Å². The average Bonchev–Trinajstić information content (AvgIpc) is 2.15. The number of ether oxygens (including phenoxy) is 1. The van der Waals surface area contributed by atoms with Gasteiger partial charge in [-0.05, 0) is 0 Å². The van der Waals surface area contributed by atoms with Gasteiger partial charge in [0.1, 0.15) is 6.10 Å². The van der Waals surface area contributed by atoms with Gasteiger partial charge in [-0.2, -0.15) is 4.39 Å². The van der Waals surface area contributed by atoms with Crippen LogP contribution in [0.1, 0.15) is 0 Å². The van der Waals surface area contributed by atoms with Crippen molar-refractivity contribution >= 4 is 5.69 Å². The van der Waals surface area contributed by atoms with Gasteiger partial charge in [0, 0.05) is 19.2 Å². The summed E-state index contributed by atoms with van der Waals surface area (Å²) in [6.45, 7) is 1.11. The fourth-order valence-corrected chi connectivity index (χ4v) is 1.27. The van der Waals surface area contributed by atoms with E-state index in [1.54, 1.807) is 0 Å². The maximum atomic E-state index is 13.3. The van der Waals surface area contributed by atoms with Crippen LogP contribution in [0.5, 0.6) is 5.75 Å². The third-order valence-electron chi connectivity index (χ3n) is 2.24. The number of hydrogen-bond acceptors (Lipinski definition) is 4. The summed E-state index contributed by atoms with van der Waals surface area (Å²) in [6.07, 6.45) is -0.213. The van der Waals surface area contributed by atoms with Crippen LogP contribution in [-0.4, -0.2) is 24.1 Å². The predicted octanol–water partition coefficient (Wildman–Crippen LogP) is 1.22. The molecule has 1 heterocycles. The summed E-state index contributed by atoms with van der Waals surface area (Å²) in [5.74, 6) is -2.33. The van der Waals surface area contributed by atoms with Gasteiger partial charge in [-0.25, -0.2) is 4.39 Å². The van der Waals surface area contributed by atoms with Crippen molar-refractivity contribution in [2.45, 2.75) is 6.10 Å². The summed E-state index contributed by atoms with van der Waals surface area (Å²) < 4.78 is 31.5. The SMILES string of the molecule is O=[N+]([O-])c1cc(F)c(OC2CNC2)cc1F. The van der Waals surface area contributed by atoms with Gasteiger partial charge >= 0.3 is 5.69 Å². The summed E-state index contributed by atoms with van der Waals surface area (Å²) >= 11 is 0. The van der Waals surface area contributed by atoms with Crippen molar-refractivity contribution in [3.63, 3.8) is 0 Å². The van der Waals surface area contributed by atoms with E-state index in [0.717, 1.165) is 0 Å². The summed E-state index contributed by atoms with van der Waals surface area (Å²) in [4.78, 5) is 9.34. The van der Waals surface area contributed by atoms with Crippen LogP contribution in [0.3, 0.4) is 0 Å². The zero-order valence-electron chi connectivity index (χ0n) is 8.07. The minimum atomic E-state index is -1.10. The maximum Gasteiger partial charge on any atom is 0.307 e. The zero-order chi connectivity index (χ0) is 11.7. The van der Waals surface area contributed by atoms with Gasteiger partial charge in [-0.15, -0.1) is 0 Å². The molecule has 2 rings (SSSR count). The average molecular weight is 230 g/mol. The van der Waals surface area contributed by atoms with Gasteiger partial charge < -0.3 is 10.1 Å². The first-order valence-corrected chi connectivity index (χ1v) is 4.58. The number of nitrogens with zero attached hydrogens (tertiary/aromatic N) is 1. The van der Waals surface area contributed by atoms with E-state index in [4.69, 9.17) is 4.74 Å². The van der Waals surface area contributed by atoms with E-state index in [1.807, 2.05) is 0 Å². The Morgan fingerprint density at radius 2 is 2.06 bits per heavy atom. The highest BCUT2D eigenvalue weighted by Gasteiger charge is 2.23. The molecule has 1 aliphatic heterocycles. The smallest absolute Gasteiger partial charge is 0.307 e. The molecule has 1 aromatic carbocycles. The largest absolute Gasteiger partial charge is 0.485 e. The molecule has 0 radical (unpaired) electrons. The lowest BCUT2D eigenvalue weighted by molar-refractivity contribution is -0.387. The molecule has 0 aromatic heterocycles. The van der Waals surface area contributed by atoms with Crippen molar-refractivity contribution < 1.29 is 18.4 Å². The Balaban J connectivity index is 2.25. The standard InChI is InChI=1S/C9H8F2N2O3/c10-6-2-9(16-5-3-12-4-5)7(11)1-8(6)13(14)15/h1-2,5,12H,3-4H2. The number of nitro benzene ring substituents is 1. The molecule has 7 heteroatoms. The van der Waals surface area contributed by atoms with Crippen LogP contribution in [0.4, 0.5) is 14.5 Å². The summed E-state index contributed by atoms with van der Waals surface area (Å²) in [5.41, 5.74) is -0.892. The molecule has 0 spiro atoms. The van der Waals surface area contributed by atoms with Crippen LogP contribution in [0.25, 0.3) is 0 Å². The molecule has 1 fully saturated rings. The fourth-order valence-electron chi connectivity index (χ4n) is 1.27. The molecule has 86 valence electrons. The Morgan fingerprint density at radius 3 is 2.56 bits per heavy atom. The molecule has 0 atom stereocenters. The van der Waals surface area contributed by atoms with Crippen LogP contribution < -0.4 is 10.1 Å². The lowest BCUT2D eigenvalue weighted by Crippen LogP contribution is -2.50. The minimum Gasteiger partial charge on any atom is -0.485 e. The Bertz CT molecular complexity index is 435. The maximum absolute atomic E-state index is 13.3. The number of halogens is 2. The molecule has 1 saturated heterocycles. The molecule has 0 aliphatic carbocycles. The third-order valence-corrected chi connectivity index (χ3v) is 2.24. The molecule has 0 unspecified atom stereocenters. The summed E-state index contributed by atoms with van der Waals surface area (Å²) in [5, 5.41) is 13.2. The zero-order valence-corrected chi connectivity index (χ0v) is 8.07. The Labute approximate surface area is 89.2 Å². The predicted molar refractivity (Wildman–Crippen MR) is 50.3 cm³/mol. The van der Waals surface area contributed by atoms with Gasteiger partial charge in [-0.3, -0.25) is 10.1 Å². The Morgan fingerprint density at radius 1 is 1.38 bits per heavy atom. The number of rotatable bonds is 3. The van der Waals surface area contributed by atoms with Gasteiger partial charge in [-0.1, -0.05) is 0 Å². The first-order valence-electron chi connectivity index (χ1n) is 4.58. The minimum absolute atomic E-state index is 0.213. The lowest BCUT2D eigenvalue weighted by Gasteiger charge is -2.27. The van der Waals surface area contributed by atoms with Gasteiger partial charge in [0.15, 0.2) is 11.6 Å². The number of hydrogen-bond donors (Lipinski definition) is 1. The molecule has 16 heavy (non-hydrogen) atoms. The normalized spacial score (nSPS) is 15.6. The quantitative estimate of drug-likeness (QED) is 0.626. The van der Waals surface area contributed by atoms with Crippen LogP contribution in [0.15, 0.2) is 12.1 Å². The van der Waals surface area contributed by atoms with Crippen LogP contribution in [0, 0.1) is 21.7 Å². The van der Waals surface area contributed by atoms with E-state index in [0.29, 0.717) is 25.2 Å². The third kappa shape index (κ3) is 1.94. The first-order chi connectivity index (χ1) is 7.58. The van der Waals surface area contributed by atoms with Crippen molar-refractivity contribution in [3.8, 4) is 5.75 Å². The lowest BCUT2D eigenvalue weighted by atomic mass is 10.2. The molecule has 0 bridgehead atoms. The molecule has 5 nitrogen and oxygen atoms in total. The topological polar surface area (TPSA) is 64.4 Å². The molecular weight excluding hydrogens is 222 g/mol. The number of nitrogens with one attached hydrogen (secondary N) is 1. The fraction of sp³-hybridized carbons (Fsp3) is 0.333. The monoisotopic (exact) mass is 230 g/mol. The molecule has 1 N–H and O–H groups in total. The van der Waals surface area contributed by atoms with Crippen molar-refractivity contribution in [2.24, 2.45) is 0 Å². The molecule has 0 amide bonds. The van der Waals surface area contributed by atoms with Gasteiger partial charge in [0.25, 0.3) is 0 Å². The highest BCUT2D eigenvalue weighted by atomic mass is 19.1. The van der Waals surface area contributed by atoms with Crippen molar-refractivity contribution in [1.29, 1.82) is 0 Å². The summed E-state index contributed by atoms with van der Waals surface area (Å²) in [7, 11) is 0. The van der Waals surface area contributed by atoms with Crippen LogP contribution in [-0.2, 0) is 0 Å². The molecule has 1 aliphatic rings. The molecule has 0 saturated carbocycles. The second-order valence-electron chi connectivity index (χ2n) is 3.39. The number of nitro groups is 1. The molecule has 1 aromatic rings. The van der Waals surface area contributed by atoms with E-state index in [2.05, 4.69) is 5.32 Å². The van der Waals surface area contributed by atoms with Crippen LogP contribution >= 0.6 is 0 Å². The van der Waals surface area contributed by atoms with Crippen molar-refractivity contribution in [1.82, 2.24) is 5.32 Å². The van der Waals surface area contributed by atoms with E-state index in [1.165, 1.54) is 0 Å². The molecular formula is C9H8F2N2O3. The first kappa shape index (κ1) is 10.7. The van der Waals surface area contributed by atoms with E-state index < -0.39 is 22.2 Å². The van der Waals surface area contributed by atoms with E-state index in [9.17, 15) is 18.9 Å². The second kappa shape index (κ2) is 4.01. The van der Waals surface area contributed by atoms with E-state index in [-0.39, 0.29) is 11.9 Å². The van der Waals surface area contributed by atoms with Crippen molar-refractivity contribution in [3.05, 3.63) is 33.9 Å². The Kier molecular flexibility index (Phi) is 2.69. The van der Waals surface area contributed by atoms with Gasteiger partial charge in [0.05, 0.1) is 11.0 Å². The number of benzene rings is 1. The highest BCUT2D eigenvalue weighted by Crippen LogP contribution is 2.27. The summed E-state index contributed by atoms with van der Waals surface area (Å²) in [6, 6.07) is 1.22. The highest BCUT2D eigenvalue weighted by molar-refractivity contribution is 5.39. The van der Waals surface area contributed by atoms with Crippen molar-refractivity contribution in [2.75, 3.05) is 13.1 Å².